The van der Waals surface area contributed by atoms with E-state index in [-0.39, 0.29) is 19.5 Å². The van der Waals surface area contributed by atoms with Crippen LogP contribution in [-0.2, 0) is 29.1 Å². The van der Waals surface area contributed by atoms with Crippen molar-refractivity contribution in [3.8, 4) is 45.7 Å². The van der Waals surface area contributed by atoms with Gasteiger partial charge in [0, 0.05) is 46.7 Å². The van der Waals surface area contributed by atoms with E-state index in [0.717, 1.165) is 56.0 Å². The van der Waals surface area contributed by atoms with Gasteiger partial charge < -0.3 is 29.9 Å². The van der Waals surface area contributed by atoms with Crippen LogP contribution in [0.3, 0.4) is 0 Å². The van der Waals surface area contributed by atoms with E-state index in [1.54, 1.807) is 24.3 Å². The minimum absolute atomic E-state index is 0. The van der Waals surface area contributed by atoms with Crippen molar-refractivity contribution in [2.24, 2.45) is 0 Å². The third-order valence-corrected chi connectivity index (χ3v) is 7.14. The second-order valence-corrected chi connectivity index (χ2v) is 10.7. The van der Waals surface area contributed by atoms with Crippen LogP contribution < -0.4 is 19.7 Å². The Kier molecular flexibility index (Phi) is 12.1. The third-order valence-electron chi connectivity index (χ3n) is 7.14. The SMILES string of the molecule is Cc1cc(-c2ccc3ccccc3n2)[n-]n1.Cc1cc(-c2ccc3ccccc3n2)[n-]n1.O=COc1ccnc(-c2cc(OC=O)ccn2)c1.[Ru+2]. The minimum Gasteiger partial charge on any atom is -0.574 e. The first-order chi connectivity index (χ1) is 24.5. The molecule has 252 valence electrons. The maximum Gasteiger partial charge on any atom is 2.00 e. The van der Waals surface area contributed by atoms with Gasteiger partial charge in [-0.15, -0.1) is 0 Å². The van der Waals surface area contributed by atoms with Gasteiger partial charge in [-0.3, -0.25) is 19.6 Å². The molecular formula is C38H28N8O4Ru. The first kappa shape index (κ1) is 35.8. The fraction of sp³-hybridized carbons (Fsp3) is 0.0526. The summed E-state index contributed by atoms with van der Waals surface area (Å²) >= 11 is 0. The normalized spacial score (nSPS) is 10.2. The van der Waals surface area contributed by atoms with Crippen molar-refractivity contribution >= 4 is 34.8 Å². The molecule has 12 nitrogen and oxygen atoms in total. The summed E-state index contributed by atoms with van der Waals surface area (Å²) in [5.74, 6) is 0.719. The molecule has 0 unspecified atom stereocenters. The molecule has 8 aromatic rings. The molecule has 0 N–H and O–H groups in total. The molecule has 0 radical (unpaired) electrons. The number of aromatic nitrogens is 8. The maximum absolute atomic E-state index is 10.2. The van der Waals surface area contributed by atoms with Crippen LogP contribution in [0.1, 0.15) is 11.4 Å². The molecule has 0 saturated heterocycles. The maximum atomic E-state index is 10.2. The van der Waals surface area contributed by atoms with Crippen LogP contribution in [0.5, 0.6) is 11.5 Å². The monoisotopic (exact) mass is 762 g/mol. The molecule has 0 aliphatic carbocycles. The molecule has 6 aromatic heterocycles. The average Bonchev–Trinajstić information content (AvgIpc) is 3.80. The largest absolute Gasteiger partial charge is 2.00 e. The quantitative estimate of drug-likeness (QED) is 0.131. The van der Waals surface area contributed by atoms with E-state index in [4.69, 9.17) is 9.47 Å². The van der Waals surface area contributed by atoms with E-state index < -0.39 is 0 Å². The Balaban J connectivity index is 0.000000147. The van der Waals surface area contributed by atoms with Gasteiger partial charge in [-0.25, -0.2) is 9.97 Å². The average molecular weight is 762 g/mol. The summed E-state index contributed by atoms with van der Waals surface area (Å²) in [5, 5.41) is 18.4. The van der Waals surface area contributed by atoms with Crippen LogP contribution in [0.25, 0.3) is 56.0 Å². The summed E-state index contributed by atoms with van der Waals surface area (Å²) < 4.78 is 9.42. The number of ether oxygens (including phenoxy) is 2. The number of fused-ring (bicyclic) bond motifs is 2. The van der Waals surface area contributed by atoms with E-state index in [1.807, 2.05) is 86.6 Å². The van der Waals surface area contributed by atoms with Crippen LogP contribution in [0, 0.1) is 13.8 Å². The van der Waals surface area contributed by atoms with Crippen molar-refractivity contribution in [2.75, 3.05) is 0 Å². The number of hydrogen-bond acceptors (Lipinski definition) is 10. The number of carbonyl (C=O) groups is 2. The zero-order chi connectivity index (χ0) is 34.7. The van der Waals surface area contributed by atoms with E-state index >= 15 is 0 Å². The molecule has 13 heteroatoms. The number of nitrogens with zero attached hydrogens (tertiary/aromatic N) is 8. The Morgan fingerprint density at radius 2 is 0.961 bits per heavy atom. The molecule has 0 aliphatic rings. The predicted molar refractivity (Wildman–Crippen MR) is 187 cm³/mol. The van der Waals surface area contributed by atoms with Gasteiger partial charge in [0.2, 0.25) is 0 Å². The Labute approximate surface area is 305 Å². The fourth-order valence-corrected chi connectivity index (χ4v) is 4.80. The van der Waals surface area contributed by atoms with Gasteiger partial charge in [0.1, 0.15) is 11.5 Å². The van der Waals surface area contributed by atoms with Crippen LogP contribution >= 0.6 is 0 Å². The van der Waals surface area contributed by atoms with Crippen molar-refractivity contribution < 1.29 is 38.5 Å². The van der Waals surface area contributed by atoms with Gasteiger partial charge >= 0.3 is 19.5 Å². The summed E-state index contributed by atoms with van der Waals surface area (Å²) in [7, 11) is 0. The van der Waals surface area contributed by atoms with Crippen LogP contribution in [0.4, 0.5) is 0 Å². The van der Waals surface area contributed by atoms with Crippen molar-refractivity contribution in [3.05, 3.63) is 133 Å². The number of para-hydroxylation sites is 2. The number of benzene rings is 2. The fourth-order valence-electron chi connectivity index (χ4n) is 4.80. The molecule has 0 saturated carbocycles. The summed E-state index contributed by atoms with van der Waals surface area (Å²) in [6, 6.07) is 34.3. The smallest absolute Gasteiger partial charge is 0.574 e. The van der Waals surface area contributed by atoms with Crippen LogP contribution in [-0.4, -0.2) is 43.1 Å². The molecule has 6 heterocycles. The summed E-state index contributed by atoms with van der Waals surface area (Å²) in [5.41, 5.74) is 8.25. The first-order valence-electron chi connectivity index (χ1n) is 15.3. The zero-order valence-corrected chi connectivity index (χ0v) is 29.0. The number of hydrogen-bond donors (Lipinski definition) is 0. The Morgan fingerprint density at radius 3 is 1.35 bits per heavy atom. The molecule has 2 aromatic carbocycles. The Hall–Kier alpha value is -6.46. The number of rotatable bonds is 7. The molecular weight excluding hydrogens is 734 g/mol. The van der Waals surface area contributed by atoms with Crippen molar-refractivity contribution in [3.63, 3.8) is 0 Å². The molecule has 0 bridgehead atoms. The Morgan fingerprint density at radius 1 is 0.529 bits per heavy atom. The predicted octanol–water partition coefficient (Wildman–Crippen LogP) is 6.34. The molecule has 0 amide bonds. The van der Waals surface area contributed by atoms with Gasteiger partial charge in [0.25, 0.3) is 12.9 Å². The summed E-state index contributed by atoms with van der Waals surface area (Å²) in [6.07, 6.45) is 2.98. The van der Waals surface area contributed by atoms with E-state index in [2.05, 4.69) is 52.5 Å². The second-order valence-electron chi connectivity index (χ2n) is 10.7. The number of carbonyl (C=O) groups excluding carboxylic acids is 2. The third kappa shape index (κ3) is 9.37. The summed E-state index contributed by atoms with van der Waals surface area (Å²) in [6.45, 7) is 4.52. The van der Waals surface area contributed by atoms with Crippen molar-refractivity contribution in [2.45, 2.75) is 13.8 Å². The molecule has 0 fully saturated rings. The van der Waals surface area contributed by atoms with E-state index in [0.29, 0.717) is 35.8 Å². The van der Waals surface area contributed by atoms with Gasteiger partial charge in [-0.05, 0) is 50.2 Å². The molecule has 0 atom stereocenters. The molecule has 51 heavy (non-hydrogen) atoms. The topological polar surface area (TPSA) is 158 Å². The van der Waals surface area contributed by atoms with E-state index in [9.17, 15) is 9.59 Å². The number of aryl methyl sites for hydroxylation is 2. The van der Waals surface area contributed by atoms with Gasteiger partial charge in [0.05, 0.1) is 33.8 Å². The first-order valence-corrected chi connectivity index (χ1v) is 15.3. The summed E-state index contributed by atoms with van der Waals surface area (Å²) in [4.78, 5) is 37.8. The van der Waals surface area contributed by atoms with Gasteiger partial charge in [-0.2, -0.15) is 0 Å². The van der Waals surface area contributed by atoms with Crippen LogP contribution in [0.15, 0.2) is 122 Å². The minimum atomic E-state index is 0. The molecule has 0 spiro atoms. The van der Waals surface area contributed by atoms with Gasteiger partial charge in [-0.1, -0.05) is 72.1 Å². The van der Waals surface area contributed by atoms with E-state index in [1.165, 1.54) is 12.4 Å². The second kappa shape index (κ2) is 17.3. The Bertz CT molecular complexity index is 2230. The molecule has 8 rings (SSSR count). The molecule has 0 aliphatic heterocycles. The standard InChI is InChI=1S/2C13H10N3.C12H8N2O4.Ru/c2*1-9-8-13(16-15-9)12-7-6-10-4-2-3-5-11(10)14-12;15-7-17-9-1-3-13-11(5-9)12-6-10(18-8-16)2-4-14-12;/h2*2-8H,1H3;1-8H;/q2*-1;;+2. The van der Waals surface area contributed by atoms with Crippen molar-refractivity contribution in [1.82, 2.24) is 40.3 Å². The van der Waals surface area contributed by atoms with Crippen LogP contribution in [0.2, 0.25) is 0 Å². The van der Waals surface area contributed by atoms with Gasteiger partial charge in [0.15, 0.2) is 0 Å². The zero-order valence-electron chi connectivity index (χ0n) is 27.3. The van der Waals surface area contributed by atoms with Crippen molar-refractivity contribution in [1.29, 1.82) is 0 Å². The number of pyridine rings is 4.